The quantitative estimate of drug-likeness (QED) is 0.566. The summed E-state index contributed by atoms with van der Waals surface area (Å²) in [6, 6.07) is 19.9. The summed E-state index contributed by atoms with van der Waals surface area (Å²) in [7, 11) is 0. The molecule has 0 saturated carbocycles. The van der Waals surface area contributed by atoms with Crippen LogP contribution in [0, 0.1) is 11.8 Å². The first-order chi connectivity index (χ1) is 15.5. The molecule has 2 aromatic carbocycles. The van der Waals surface area contributed by atoms with Gasteiger partial charge in [0.15, 0.2) is 0 Å². The fourth-order valence-corrected chi connectivity index (χ4v) is 5.14. The van der Waals surface area contributed by atoms with Gasteiger partial charge in [-0.1, -0.05) is 54.6 Å². The Hall–Kier alpha value is -2.93. The molecule has 0 aliphatic carbocycles. The molecule has 2 aliphatic heterocycles. The minimum absolute atomic E-state index is 0.192. The van der Waals surface area contributed by atoms with E-state index >= 15 is 0 Å². The number of aromatic nitrogens is 2. The van der Waals surface area contributed by atoms with Crippen LogP contribution in [0.2, 0.25) is 0 Å². The van der Waals surface area contributed by atoms with Gasteiger partial charge in [-0.2, -0.15) is 13.2 Å². The molecule has 1 aromatic heterocycles. The lowest BCUT2D eigenvalue weighted by Gasteiger charge is -2.46. The number of fused-ring (bicyclic) bond motifs is 2. The number of halogens is 3. The minimum Gasteiger partial charge on any atom is -0.340 e. The number of hydrogen-bond acceptors (Lipinski definition) is 4. The molecule has 0 N–H and O–H groups in total. The van der Waals surface area contributed by atoms with Crippen LogP contribution in [-0.4, -0.2) is 41.0 Å². The standard InChI is InChI=1S/C25H25F3N4/c26-25(27,28)23-10-11-29-24(30-23)32-15-18-12-19(16-32)14-31(13-18)17-21-8-4-5-9-22(21)20-6-2-1-3-7-20/h1-11,18-19H,12-17H2. The topological polar surface area (TPSA) is 32.3 Å². The van der Waals surface area contributed by atoms with Crippen LogP contribution in [0.1, 0.15) is 17.7 Å². The van der Waals surface area contributed by atoms with Crippen LogP contribution in [0.15, 0.2) is 66.9 Å². The third-order valence-electron chi connectivity index (χ3n) is 6.37. The van der Waals surface area contributed by atoms with E-state index in [0.717, 1.165) is 32.1 Å². The normalized spacial score (nSPS) is 21.5. The maximum atomic E-state index is 13.1. The Labute approximate surface area is 185 Å². The summed E-state index contributed by atoms with van der Waals surface area (Å²) in [6.07, 6.45) is -2.14. The fourth-order valence-electron chi connectivity index (χ4n) is 5.14. The number of nitrogens with zero attached hydrogens (tertiary/aromatic N) is 4. The zero-order valence-corrected chi connectivity index (χ0v) is 17.7. The summed E-state index contributed by atoms with van der Waals surface area (Å²) >= 11 is 0. The van der Waals surface area contributed by atoms with Gasteiger partial charge in [-0.05, 0) is 41.0 Å². The van der Waals surface area contributed by atoms with Crippen molar-refractivity contribution in [1.82, 2.24) is 14.9 Å². The first-order valence-corrected chi connectivity index (χ1v) is 11.0. The molecule has 32 heavy (non-hydrogen) atoms. The summed E-state index contributed by atoms with van der Waals surface area (Å²) < 4.78 is 39.2. The lowest BCUT2D eigenvalue weighted by Crippen LogP contribution is -2.52. The molecule has 2 bridgehead atoms. The van der Waals surface area contributed by atoms with Gasteiger partial charge in [0.25, 0.3) is 0 Å². The van der Waals surface area contributed by atoms with E-state index in [2.05, 4.69) is 63.4 Å². The lowest BCUT2D eigenvalue weighted by molar-refractivity contribution is -0.141. The molecular formula is C25H25F3N4. The second kappa shape index (κ2) is 8.54. The second-order valence-corrected chi connectivity index (χ2v) is 8.83. The number of likely N-dealkylation sites (tertiary alicyclic amines) is 1. The number of rotatable bonds is 4. The summed E-state index contributed by atoms with van der Waals surface area (Å²) in [5, 5.41) is 0. The number of anilines is 1. The molecule has 3 heterocycles. The van der Waals surface area contributed by atoms with Crippen LogP contribution in [0.25, 0.3) is 11.1 Å². The molecule has 2 atom stereocenters. The van der Waals surface area contributed by atoms with Crippen molar-refractivity contribution in [2.45, 2.75) is 19.1 Å². The van der Waals surface area contributed by atoms with Gasteiger partial charge < -0.3 is 4.90 Å². The van der Waals surface area contributed by atoms with E-state index < -0.39 is 11.9 Å². The first-order valence-electron chi connectivity index (χ1n) is 11.0. The number of hydrogen-bond donors (Lipinski definition) is 0. The second-order valence-electron chi connectivity index (χ2n) is 8.83. The zero-order valence-electron chi connectivity index (χ0n) is 17.7. The van der Waals surface area contributed by atoms with Gasteiger partial charge in [0.05, 0.1) is 0 Å². The monoisotopic (exact) mass is 438 g/mol. The van der Waals surface area contributed by atoms with Crippen molar-refractivity contribution in [3.63, 3.8) is 0 Å². The van der Waals surface area contributed by atoms with E-state index in [9.17, 15) is 13.2 Å². The largest absolute Gasteiger partial charge is 0.433 e. The molecule has 2 saturated heterocycles. The van der Waals surface area contributed by atoms with E-state index in [1.165, 1.54) is 22.9 Å². The number of piperidine rings is 2. The zero-order chi connectivity index (χ0) is 22.1. The van der Waals surface area contributed by atoms with Crippen molar-refractivity contribution in [3.8, 4) is 11.1 Å². The van der Waals surface area contributed by atoms with Crippen molar-refractivity contribution in [2.75, 3.05) is 31.1 Å². The van der Waals surface area contributed by atoms with Crippen LogP contribution in [0.4, 0.5) is 19.1 Å². The SMILES string of the molecule is FC(F)(F)c1ccnc(N2CC3CC(CN(Cc4ccccc4-c4ccccc4)C3)C2)n1. The Kier molecular flexibility index (Phi) is 5.59. The van der Waals surface area contributed by atoms with Crippen LogP contribution < -0.4 is 4.90 Å². The Morgan fingerprint density at radius 2 is 1.53 bits per heavy atom. The Morgan fingerprint density at radius 1 is 0.844 bits per heavy atom. The van der Waals surface area contributed by atoms with Gasteiger partial charge in [-0.3, -0.25) is 4.90 Å². The van der Waals surface area contributed by atoms with Crippen LogP contribution in [-0.2, 0) is 12.7 Å². The van der Waals surface area contributed by atoms with E-state index in [-0.39, 0.29) is 5.95 Å². The predicted octanol–water partition coefficient (Wildman–Crippen LogP) is 5.12. The summed E-state index contributed by atoms with van der Waals surface area (Å²) in [4.78, 5) is 12.4. The fraction of sp³-hybridized carbons (Fsp3) is 0.360. The van der Waals surface area contributed by atoms with Crippen molar-refractivity contribution in [1.29, 1.82) is 0 Å². The van der Waals surface area contributed by atoms with Gasteiger partial charge in [0.1, 0.15) is 5.69 Å². The smallest absolute Gasteiger partial charge is 0.340 e. The molecule has 3 aromatic rings. The molecule has 0 amide bonds. The van der Waals surface area contributed by atoms with E-state index in [4.69, 9.17) is 0 Å². The first kappa shape index (κ1) is 20.9. The summed E-state index contributed by atoms with van der Waals surface area (Å²) in [6.45, 7) is 4.10. The third kappa shape index (κ3) is 4.48. The average Bonchev–Trinajstić information content (AvgIpc) is 2.79. The molecule has 0 radical (unpaired) electrons. The van der Waals surface area contributed by atoms with Crippen LogP contribution in [0.3, 0.4) is 0 Å². The summed E-state index contributed by atoms with van der Waals surface area (Å²) in [5.41, 5.74) is 2.89. The summed E-state index contributed by atoms with van der Waals surface area (Å²) in [5.74, 6) is 0.978. The van der Waals surface area contributed by atoms with Gasteiger partial charge in [0.2, 0.25) is 5.95 Å². The maximum Gasteiger partial charge on any atom is 0.433 e. The Morgan fingerprint density at radius 3 is 2.25 bits per heavy atom. The molecule has 5 rings (SSSR count). The van der Waals surface area contributed by atoms with Gasteiger partial charge in [0, 0.05) is 38.9 Å². The molecular weight excluding hydrogens is 413 g/mol. The third-order valence-corrected chi connectivity index (χ3v) is 6.37. The highest BCUT2D eigenvalue weighted by Crippen LogP contribution is 2.34. The molecule has 7 heteroatoms. The predicted molar refractivity (Wildman–Crippen MR) is 118 cm³/mol. The highest BCUT2D eigenvalue weighted by molar-refractivity contribution is 5.67. The molecule has 2 unspecified atom stereocenters. The highest BCUT2D eigenvalue weighted by Gasteiger charge is 2.37. The minimum atomic E-state index is -4.45. The van der Waals surface area contributed by atoms with Crippen LogP contribution >= 0.6 is 0 Å². The van der Waals surface area contributed by atoms with Gasteiger partial charge in [-0.25, -0.2) is 9.97 Å². The Bertz CT molecular complexity index is 1060. The van der Waals surface area contributed by atoms with Gasteiger partial charge in [-0.15, -0.1) is 0 Å². The number of benzene rings is 2. The Balaban J connectivity index is 1.29. The molecule has 4 nitrogen and oxygen atoms in total. The van der Waals surface area contributed by atoms with E-state index in [0.29, 0.717) is 24.9 Å². The van der Waals surface area contributed by atoms with Crippen molar-refractivity contribution in [2.24, 2.45) is 11.8 Å². The van der Waals surface area contributed by atoms with Gasteiger partial charge >= 0.3 is 6.18 Å². The van der Waals surface area contributed by atoms with Crippen molar-refractivity contribution in [3.05, 3.63) is 78.1 Å². The van der Waals surface area contributed by atoms with Crippen LogP contribution in [0.5, 0.6) is 0 Å². The average molecular weight is 438 g/mol. The van der Waals surface area contributed by atoms with E-state index in [1.807, 2.05) is 11.0 Å². The molecule has 0 spiro atoms. The highest BCUT2D eigenvalue weighted by atomic mass is 19.4. The van der Waals surface area contributed by atoms with Crippen molar-refractivity contribution >= 4 is 5.95 Å². The molecule has 2 fully saturated rings. The van der Waals surface area contributed by atoms with Crippen molar-refractivity contribution < 1.29 is 13.2 Å². The molecule has 166 valence electrons. The maximum absolute atomic E-state index is 13.1. The molecule has 2 aliphatic rings. The lowest BCUT2D eigenvalue weighted by atomic mass is 9.84. The number of alkyl halides is 3. The van der Waals surface area contributed by atoms with E-state index in [1.54, 1.807) is 0 Å².